The molecule has 1 atom stereocenters. The van der Waals surface area contributed by atoms with Crippen LogP contribution in [-0.4, -0.2) is 30.6 Å². The number of nitrogen functional groups attached to an aromatic ring is 1. The summed E-state index contributed by atoms with van der Waals surface area (Å²) in [5.74, 6) is 0. The fraction of sp³-hybridized carbons (Fsp3) is 0.571. The van der Waals surface area contributed by atoms with E-state index in [0.29, 0.717) is 6.04 Å². The Morgan fingerprint density at radius 1 is 1.35 bits per heavy atom. The topological polar surface area (TPSA) is 41.3 Å². The number of aryl methyl sites for hydroxylation is 1. The lowest BCUT2D eigenvalue weighted by Crippen LogP contribution is -2.35. The summed E-state index contributed by atoms with van der Waals surface area (Å²) in [5, 5.41) is 3.52. The van der Waals surface area contributed by atoms with E-state index in [-0.39, 0.29) is 0 Å². The zero-order valence-corrected chi connectivity index (χ0v) is 10.9. The largest absolute Gasteiger partial charge is 0.399 e. The molecule has 1 unspecified atom stereocenters. The lowest BCUT2D eigenvalue weighted by atomic mass is 10.1. The molecular formula is C14H23N3. The standard InChI is InChI=1S/C14H23N3/c1-11-9-13(15)5-6-14(11)16-10-12(2)17-7-3-4-8-17/h5-6,9,12,16H,3-4,7-8,10,15H2,1-2H3. The first-order chi connectivity index (χ1) is 8.16. The molecule has 1 aliphatic heterocycles. The molecule has 1 fully saturated rings. The Labute approximate surface area is 104 Å². The van der Waals surface area contributed by atoms with Gasteiger partial charge in [0.2, 0.25) is 0 Å². The molecule has 2 rings (SSSR count). The Bertz CT molecular complexity index is 370. The van der Waals surface area contributed by atoms with Gasteiger partial charge in [-0.3, -0.25) is 4.90 Å². The van der Waals surface area contributed by atoms with Gasteiger partial charge in [0.1, 0.15) is 0 Å². The predicted octanol–water partition coefficient (Wildman–Crippen LogP) is 2.47. The van der Waals surface area contributed by atoms with Crippen LogP contribution in [0.15, 0.2) is 18.2 Å². The SMILES string of the molecule is Cc1cc(N)ccc1NCC(C)N1CCCC1. The third-order valence-corrected chi connectivity index (χ3v) is 3.60. The Hall–Kier alpha value is -1.22. The number of nitrogens with zero attached hydrogens (tertiary/aromatic N) is 1. The Kier molecular flexibility index (Phi) is 3.89. The number of nitrogens with two attached hydrogens (primary N) is 1. The molecule has 0 saturated carbocycles. The summed E-state index contributed by atoms with van der Waals surface area (Å²) in [7, 11) is 0. The van der Waals surface area contributed by atoms with Gasteiger partial charge in [0.25, 0.3) is 0 Å². The van der Waals surface area contributed by atoms with Gasteiger partial charge in [-0.15, -0.1) is 0 Å². The molecule has 1 saturated heterocycles. The van der Waals surface area contributed by atoms with Crippen LogP contribution in [0.1, 0.15) is 25.3 Å². The predicted molar refractivity (Wildman–Crippen MR) is 74.4 cm³/mol. The van der Waals surface area contributed by atoms with Crippen LogP contribution in [0.2, 0.25) is 0 Å². The van der Waals surface area contributed by atoms with Crippen molar-refractivity contribution < 1.29 is 0 Å². The van der Waals surface area contributed by atoms with E-state index in [2.05, 4.69) is 30.1 Å². The van der Waals surface area contributed by atoms with E-state index >= 15 is 0 Å². The van der Waals surface area contributed by atoms with E-state index < -0.39 is 0 Å². The monoisotopic (exact) mass is 233 g/mol. The van der Waals surface area contributed by atoms with E-state index in [4.69, 9.17) is 5.73 Å². The van der Waals surface area contributed by atoms with Crippen molar-refractivity contribution in [1.29, 1.82) is 0 Å². The zero-order valence-electron chi connectivity index (χ0n) is 10.9. The van der Waals surface area contributed by atoms with Crippen molar-refractivity contribution in [2.45, 2.75) is 32.7 Å². The maximum Gasteiger partial charge on any atom is 0.0371 e. The highest BCUT2D eigenvalue weighted by Gasteiger charge is 2.17. The second-order valence-electron chi connectivity index (χ2n) is 5.05. The van der Waals surface area contributed by atoms with Gasteiger partial charge in [0.05, 0.1) is 0 Å². The highest BCUT2D eigenvalue weighted by molar-refractivity contribution is 5.57. The molecule has 0 amide bonds. The Morgan fingerprint density at radius 2 is 2.06 bits per heavy atom. The lowest BCUT2D eigenvalue weighted by molar-refractivity contribution is 0.269. The number of anilines is 2. The Balaban J connectivity index is 1.88. The molecule has 0 spiro atoms. The summed E-state index contributed by atoms with van der Waals surface area (Å²) in [6.45, 7) is 7.90. The molecular weight excluding hydrogens is 210 g/mol. The van der Waals surface area contributed by atoms with E-state index in [1.54, 1.807) is 0 Å². The van der Waals surface area contributed by atoms with Crippen LogP contribution in [0.5, 0.6) is 0 Å². The van der Waals surface area contributed by atoms with Gasteiger partial charge in [0.15, 0.2) is 0 Å². The van der Waals surface area contributed by atoms with Crippen molar-refractivity contribution in [3.05, 3.63) is 23.8 Å². The third-order valence-electron chi connectivity index (χ3n) is 3.60. The van der Waals surface area contributed by atoms with Crippen LogP contribution in [-0.2, 0) is 0 Å². The first-order valence-electron chi connectivity index (χ1n) is 6.51. The quantitative estimate of drug-likeness (QED) is 0.785. The highest BCUT2D eigenvalue weighted by atomic mass is 15.2. The van der Waals surface area contributed by atoms with Crippen molar-refractivity contribution >= 4 is 11.4 Å². The van der Waals surface area contributed by atoms with Gasteiger partial charge in [-0.05, 0) is 63.5 Å². The van der Waals surface area contributed by atoms with E-state index in [9.17, 15) is 0 Å². The summed E-state index contributed by atoms with van der Waals surface area (Å²) in [6, 6.07) is 6.65. The van der Waals surface area contributed by atoms with Gasteiger partial charge >= 0.3 is 0 Å². The van der Waals surface area contributed by atoms with Gasteiger partial charge in [-0.25, -0.2) is 0 Å². The molecule has 1 aliphatic rings. The van der Waals surface area contributed by atoms with Crippen molar-refractivity contribution in [3.63, 3.8) is 0 Å². The number of nitrogens with one attached hydrogen (secondary N) is 1. The van der Waals surface area contributed by atoms with Crippen LogP contribution in [0.3, 0.4) is 0 Å². The second kappa shape index (κ2) is 5.41. The smallest absolute Gasteiger partial charge is 0.0371 e. The molecule has 1 aromatic rings. The molecule has 3 N–H and O–H groups in total. The van der Waals surface area contributed by atoms with Gasteiger partial charge < -0.3 is 11.1 Å². The number of likely N-dealkylation sites (tertiary alicyclic amines) is 1. The maximum absolute atomic E-state index is 5.75. The van der Waals surface area contributed by atoms with Crippen LogP contribution < -0.4 is 11.1 Å². The van der Waals surface area contributed by atoms with Crippen LogP contribution >= 0.6 is 0 Å². The number of rotatable bonds is 4. The lowest BCUT2D eigenvalue weighted by Gasteiger charge is -2.24. The average molecular weight is 233 g/mol. The van der Waals surface area contributed by atoms with Crippen molar-refractivity contribution in [2.75, 3.05) is 30.7 Å². The second-order valence-corrected chi connectivity index (χ2v) is 5.05. The molecule has 3 nitrogen and oxygen atoms in total. The molecule has 0 aromatic heterocycles. The van der Waals surface area contributed by atoms with Crippen LogP contribution in [0.25, 0.3) is 0 Å². The summed E-state index contributed by atoms with van der Waals surface area (Å²) in [4.78, 5) is 2.56. The summed E-state index contributed by atoms with van der Waals surface area (Å²) in [6.07, 6.45) is 2.70. The van der Waals surface area contributed by atoms with Crippen LogP contribution in [0, 0.1) is 6.92 Å². The molecule has 0 aliphatic carbocycles. The minimum Gasteiger partial charge on any atom is -0.399 e. The average Bonchev–Trinajstić information content (AvgIpc) is 2.81. The maximum atomic E-state index is 5.75. The van der Waals surface area contributed by atoms with E-state index in [0.717, 1.165) is 12.2 Å². The summed E-state index contributed by atoms with van der Waals surface area (Å²) < 4.78 is 0. The minimum absolute atomic E-state index is 0.606. The number of hydrogen-bond donors (Lipinski definition) is 2. The first-order valence-corrected chi connectivity index (χ1v) is 6.51. The number of benzene rings is 1. The fourth-order valence-corrected chi connectivity index (χ4v) is 2.45. The van der Waals surface area contributed by atoms with Crippen molar-refractivity contribution in [2.24, 2.45) is 0 Å². The summed E-state index contributed by atoms with van der Waals surface area (Å²) >= 11 is 0. The normalized spacial score (nSPS) is 18.2. The van der Waals surface area contributed by atoms with Gasteiger partial charge in [-0.2, -0.15) is 0 Å². The molecule has 0 bridgehead atoms. The molecule has 94 valence electrons. The zero-order chi connectivity index (χ0) is 12.3. The Morgan fingerprint density at radius 3 is 2.71 bits per heavy atom. The number of hydrogen-bond acceptors (Lipinski definition) is 3. The highest BCUT2D eigenvalue weighted by Crippen LogP contribution is 2.18. The minimum atomic E-state index is 0.606. The van der Waals surface area contributed by atoms with E-state index in [1.165, 1.54) is 37.2 Å². The first kappa shape index (κ1) is 12.2. The summed E-state index contributed by atoms with van der Waals surface area (Å²) in [5.41, 5.74) is 9.00. The molecule has 1 aromatic carbocycles. The van der Waals surface area contributed by atoms with Crippen molar-refractivity contribution in [3.8, 4) is 0 Å². The van der Waals surface area contributed by atoms with Gasteiger partial charge in [0, 0.05) is 24.0 Å². The molecule has 0 radical (unpaired) electrons. The van der Waals surface area contributed by atoms with Crippen LogP contribution in [0.4, 0.5) is 11.4 Å². The van der Waals surface area contributed by atoms with Gasteiger partial charge in [-0.1, -0.05) is 0 Å². The fourth-order valence-electron chi connectivity index (χ4n) is 2.45. The molecule has 3 heteroatoms. The van der Waals surface area contributed by atoms with E-state index in [1.807, 2.05) is 12.1 Å². The third kappa shape index (κ3) is 3.13. The molecule has 17 heavy (non-hydrogen) atoms. The molecule has 1 heterocycles. The van der Waals surface area contributed by atoms with Crippen molar-refractivity contribution in [1.82, 2.24) is 4.90 Å².